The summed E-state index contributed by atoms with van der Waals surface area (Å²) in [4.78, 5) is 23.5. The highest BCUT2D eigenvalue weighted by atomic mass is 16.4. The summed E-state index contributed by atoms with van der Waals surface area (Å²) in [6.07, 6.45) is 1.64. The van der Waals surface area contributed by atoms with Crippen molar-refractivity contribution in [2.45, 2.75) is 31.6 Å². The summed E-state index contributed by atoms with van der Waals surface area (Å²) < 4.78 is 0. The molecule has 0 saturated heterocycles. The molecule has 2 aromatic carbocycles. The second-order valence-electron chi connectivity index (χ2n) is 6.18. The lowest BCUT2D eigenvalue weighted by molar-refractivity contribution is -0.136. The Balaban J connectivity index is 1.78. The van der Waals surface area contributed by atoms with E-state index in [4.69, 9.17) is 5.11 Å². The molecule has 1 saturated carbocycles. The van der Waals surface area contributed by atoms with Crippen LogP contribution in [-0.4, -0.2) is 17.0 Å². The number of anilines is 1. The zero-order valence-corrected chi connectivity index (χ0v) is 13.0. The Hall–Kier alpha value is -2.62. The SMILES string of the molecule is Cc1cccc(C2(C(=O)Nc3cccc(CC(=O)O)c3)CC2)c1. The largest absolute Gasteiger partial charge is 0.481 e. The molecule has 4 nitrogen and oxygen atoms in total. The zero-order valence-electron chi connectivity index (χ0n) is 13.0. The van der Waals surface area contributed by atoms with Gasteiger partial charge in [0.1, 0.15) is 0 Å². The van der Waals surface area contributed by atoms with Crippen LogP contribution in [0.3, 0.4) is 0 Å². The zero-order chi connectivity index (χ0) is 16.4. The molecule has 1 aliphatic rings. The Morgan fingerprint density at radius 3 is 2.52 bits per heavy atom. The highest BCUT2D eigenvalue weighted by Gasteiger charge is 2.51. The third-order valence-corrected chi connectivity index (χ3v) is 4.30. The van der Waals surface area contributed by atoms with E-state index in [1.54, 1.807) is 24.3 Å². The summed E-state index contributed by atoms with van der Waals surface area (Å²) in [6, 6.07) is 15.1. The van der Waals surface area contributed by atoms with Crippen molar-refractivity contribution in [3.63, 3.8) is 0 Å². The standard InChI is InChI=1S/C19H19NO3/c1-13-4-2-6-15(10-13)19(8-9-19)18(23)20-16-7-3-5-14(11-16)12-17(21)22/h2-7,10-11H,8-9,12H2,1H3,(H,20,23)(H,21,22). The second-order valence-corrected chi connectivity index (χ2v) is 6.18. The van der Waals surface area contributed by atoms with Crippen LogP contribution in [0.15, 0.2) is 48.5 Å². The molecule has 0 aromatic heterocycles. The van der Waals surface area contributed by atoms with Crippen molar-refractivity contribution in [3.05, 3.63) is 65.2 Å². The highest BCUT2D eigenvalue weighted by Crippen LogP contribution is 2.49. The number of carbonyl (C=O) groups is 2. The van der Waals surface area contributed by atoms with Crippen LogP contribution in [0.1, 0.15) is 29.5 Å². The maximum atomic E-state index is 12.7. The van der Waals surface area contributed by atoms with Crippen molar-refractivity contribution >= 4 is 17.6 Å². The molecular weight excluding hydrogens is 290 g/mol. The number of benzene rings is 2. The van der Waals surface area contributed by atoms with Crippen LogP contribution in [0.4, 0.5) is 5.69 Å². The Morgan fingerprint density at radius 1 is 1.13 bits per heavy atom. The maximum absolute atomic E-state index is 12.7. The van der Waals surface area contributed by atoms with Gasteiger partial charge in [-0.15, -0.1) is 0 Å². The van der Waals surface area contributed by atoms with E-state index in [9.17, 15) is 9.59 Å². The summed E-state index contributed by atoms with van der Waals surface area (Å²) in [6.45, 7) is 2.02. The van der Waals surface area contributed by atoms with E-state index in [1.807, 2.05) is 25.1 Å². The normalized spacial score (nSPS) is 15.0. The van der Waals surface area contributed by atoms with Gasteiger partial charge in [0.25, 0.3) is 0 Å². The monoisotopic (exact) mass is 309 g/mol. The molecule has 23 heavy (non-hydrogen) atoms. The van der Waals surface area contributed by atoms with Crippen molar-refractivity contribution in [1.82, 2.24) is 0 Å². The Morgan fingerprint density at radius 2 is 1.87 bits per heavy atom. The lowest BCUT2D eigenvalue weighted by Crippen LogP contribution is -2.27. The summed E-state index contributed by atoms with van der Waals surface area (Å²) in [7, 11) is 0. The Kier molecular flexibility index (Phi) is 3.90. The topological polar surface area (TPSA) is 66.4 Å². The van der Waals surface area contributed by atoms with E-state index in [-0.39, 0.29) is 12.3 Å². The average Bonchev–Trinajstić information content (AvgIpc) is 3.28. The fraction of sp³-hybridized carbons (Fsp3) is 0.263. The lowest BCUT2D eigenvalue weighted by Gasteiger charge is -2.16. The van der Waals surface area contributed by atoms with E-state index in [0.717, 1.165) is 24.0 Å². The summed E-state index contributed by atoms with van der Waals surface area (Å²) >= 11 is 0. The number of rotatable bonds is 5. The number of aryl methyl sites for hydroxylation is 1. The highest BCUT2D eigenvalue weighted by molar-refractivity contribution is 6.01. The van der Waals surface area contributed by atoms with Crippen LogP contribution in [-0.2, 0) is 21.4 Å². The maximum Gasteiger partial charge on any atom is 0.307 e. The van der Waals surface area contributed by atoms with Gasteiger partial charge in [-0.3, -0.25) is 9.59 Å². The van der Waals surface area contributed by atoms with E-state index in [2.05, 4.69) is 11.4 Å². The molecule has 118 valence electrons. The van der Waals surface area contributed by atoms with Crippen molar-refractivity contribution in [2.24, 2.45) is 0 Å². The number of aliphatic carboxylic acids is 1. The third-order valence-electron chi connectivity index (χ3n) is 4.30. The van der Waals surface area contributed by atoms with Gasteiger partial charge in [0.15, 0.2) is 0 Å². The molecule has 1 fully saturated rings. The van der Waals surface area contributed by atoms with Crippen molar-refractivity contribution in [3.8, 4) is 0 Å². The van der Waals surface area contributed by atoms with Crippen molar-refractivity contribution in [1.29, 1.82) is 0 Å². The van der Waals surface area contributed by atoms with Gasteiger partial charge in [-0.2, -0.15) is 0 Å². The van der Waals surface area contributed by atoms with Crippen molar-refractivity contribution in [2.75, 3.05) is 5.32 Å². The quantitative estimate of drug-likeness (QED) is 0.890. The molecule has 1 amide bonds. The molecule has 0 heterocycles. The first-order valence-electron chi connectivity index (χ1n) is 7.69. The molecule has 0 spiro atoms. The minimum atomic E-state index is -0.882. The molecular formula is C19H19NO3. The van der Waals surface area contributed by atoms with Crippen LogP contribution in [0.25, 0.3) is 0 Å². The smallest absolute Gasteiger partial charge is 0.307 e. The minimum absolute atomic E-state index is 0.0180. The summed E-state index contributed by atoms with van der Waals surface area (Å²) in [5.41, 5.74) is 3.08. The van der Waals surface area contributed by atoms with E-state index in [0.29, 0.717) is 11.3 Å². The molecule has 3 rings (SSSR count). The van der Waals surface area contributed by atoms with Gasteiger partial charge < -0.3 is 10.4 Å². The number of hydrogen-bond donors (Lipinski definition) is 2. The predicted octanol–water partition coefficient (Wildman–Crippen LogP) is 3.29. The Labute approximate surface area is 135 Å². The molecule has 0 bridgehead atoms. The molecule has 0 aliphatic heterocycles. The van der Waals surface area contributed by atoms with Crippen LogP contribution in [0.5, 0.6) is 0 Å². The van der Waals surface area contributed by atoms with Gasteiger partial charge in [0.2, 0.25) is 5.91 Å². The average molecular weight is 309 g/mol. The summed E-state index contributed by atoms with van der Waals surface area (Å²) in [5.74, 6) is -0.900. The van der Waals surface area contributed by atoms with E-state index >= 15 is 0 Å². The summed E-state index contributed by atoms with van der Waals surface area (Å²) in [5, 5.41) is 11.8. The van der Waals surface area contributed by atoms with Crippen LogP contribution in [0, 0.1) is 6.92 Å². The molecule has 4 heteroatoms. The number of carboxylic acid groups (broad SMARTS) is 1. The van der Waals surface area contributed by atoms with Gasteiger partial charge in [0, 0.05) is 5.69 Å². The lowest BCUT2D eigenvalue weighted by atomic mass is 9.93. The van der Waals surface area contributed by atoms with Crippen LogP contribution >= 0.6 is 0 Å². The number of hydrogen-bond acceptors (Lipinski definition) is 2. The molecule has 2 aromatic rings. The fourth-order valence-electron chi connectivity index (χ4n) is 2.90. The van der Waals surface area contributed by atoms with Gasteiger partial charge in [-0.25, -0.2) is 0 Å². The number of nitrogens with one attached hydrogen (secondary N) is 1. The van der Waals surface area contributed by atoms with Gasteiger partial charge in [-0.05, 0) is 43.0 Å². The first kappa shape index (κ1) is 15.3. The third kappa shape index (κ3) is 3.26. The van der Waals surface area contributed by atoms with Gasteiger partial charge >= 0.3 is 5.97 Å². The molecule has 2 N–H and O–H groups in total. The predicted molar refractivity (Wildman–Crippen MR) is 88.5 cm³/mol. The first-order chi connectivity index (χ1) is 11.0. The molecule has 0 unspecified atom stereocenters. The van der Waals surface area contributed by atoms with Crippen LogP contribution in [0.2, 0.25) is 0 Å². The van der Waals surface area contributed by atoms with Crippen molar-refractivity contribution < 1.29 is 14.7 Å². The number of carbonyl (C=O) groups excluding carboxylic acids is 1. The van der Waals surface area contributed by atoms with E-state index in [1.165, 1.54) is 0 Å². The second kappa shape index (κ2) is 5.88. The van der Waals surface area contributed by atoms with Crippen LogP contribution < -0.4 is 5.32 Å². The van der Waals surface area contributed by atoms with E-state index < -0.39 is 11.4 Å². The minimum Gasteiger partial charge on any atom is -0.481 e. The van der Waals surface area contributed by atoms with Gasteiger partial charge in [0.05, 0.1) is 11.8 Å². The fourth-order valence-corrected chi connectivity index (χ4v) is 2.90. The van der Waals surface area contributed by atoms with Gasteiger partial charge in [-0.1, -0.05) is 42.0 Å². The molecule has 0 radical (unpaired) electrons. The molecule has 0 atom stereocenters. The molecule has 1 aliphatic carbocycles. The first-order valence-corrected chi connectivity index (χ1v) is 7.69. The number of carboxylic acids is 1. The number of amides is 1. The Bertz CT molecular complexity index is 763.